The van der Waals surface area contributed by atoms with Crippen LogP contribution in [0, 0.1) is 11.7 Å². The van der Waals surface area contributed by atoms with Crippen molar-refractivity contribution in [2.75, 3.05) is 38.5 Å². The summed E-state index contributed by atoms with van der Waals surface area (Å²) in [5.74, 6) is 1.07. The van der Waals surface area contributed by atoms with Crippen molar-refractivity contribution in [3.63, 3.8) is 0 Å². The van der Waals surface area contributed by atoms with Crippen molar-refractivity contribution in [1.29, 1.82) is 0 Å². The molecule has 224 valence electrons. The largest absolute Gasteiger partial charge is 0.383 e. The van der Waals surface area contributed by atoms with Gasteiger partial charge in [0.1, 0.15) is 17.3 Å². The van der Waals surface area contributed by atoms with E-state index in [0.717, 1.165) is 70.6 Å². The van der Waals surface area contributed by atoms with E-state index in [4.69, 9.17) is 10.8 Å². The van der Waals surface area contributed by atoms with Gasteiger partial charge in [-0.3, -0.25) is 4.68 Å². The van der Waals surface area contributed by atoms with Crippen LogP contribution in [0.3, 0.4) is 0 Å². The van der Waals surface area contributed by atoms with E-state index < -0.39 is 0 Å². The van der Waals surface area contributed by atoms with Crippen molar-refractivity contribution < 1.29 is 4.39 Å². The lowest BCUT2D eigenvalue weighted by molar-refractivity contribution is 0.0743. The SMILES string of the molecule is CC(C)CN1CCC(N2CCC(n3nc(-c4ccc5[nH]c(Cc6ccccc6F)cc5c4)c4c(N)nccc43)CC2)CC1. The Kier molecular flexibility index (Phi) is 7.65. The summed E-state index contributed by atoms with van der Waals surface area (Å²) in [6, 6.07) is 18.5. The molecular formula is C35H42FN7. The number of piperidine rings is 2. The molecular weight excluding hydrogens is 537 g/mol. The number of benzene rings is 2. The zero-order chi connectivity index (χ0) is 29.5. The standard InChI is InChI=1S/C35H42FN7/c1-23(2)22-41-15-10-28(11-16-41)42-17-12-29(13-18-42)43-32-9-14-38-35(37)33(32)34(40-43)25-7-8-31-26(19-25)21-27(39-31)20-24-5-3-4-6-30(24)36/h3-9,14,19,21,23,28-29,39H,10-13,15-18,20,22H2,1-2H3,(H2,37,38). The third-order valence-corrected chi connectivity index (χ3v) is 9.48. The van der Waals surface area contributed by atoms with Gasteiger partial charge < -0.3 is 20.5 Å². The second-order valence-corrected chi connectivity index (χ2v) is 12.9. The number of aromatic amines is 1. The number of fused-ring (bicyclic) bond motifs is 2. The normalized spacial score (nSPS) is 18.0. The number of nitrogens with two attached hydrogens (primary N) is 1. The van der Waals surface area contributed by atoms with Gasteiger partial charge in [-0.15, -0.1) is 0 Å². The predicted octanol–water partition coefficient (Wildman–Crippen LogP) is 6.65. The monoisotopic (exact) mass is 579 g/mol. The van der Waals surface area contributed by atoms with Crippen LogP contribution >= 0.6 is 0 Å². The quantitative estimate of drug-likeness (QED) is 0.226. The number of nitrogens with one attached hydrogen (secondary N) is 1. The molecule has 3 aromatic heterocycles. The molecule has 0 spiro atoms. The fourth-order valence-corrected chi connectivity index (χ4v) is 7.35. The number of anilines is 1. The third-order valence-electron chi connectivity index (χ3n) is 9.48. The molecule has 2 fully saturated rings. The lowest BCUT2D eigenvalue weighted by atomic mass is 9.97. The summed E-state index contributed by atoms with van der Waals surface area (Å²) >= 11 is 0. The molecule has 7 nitrogen and oxygen atoms in total. The molecule has 2 saturated heterocycles. The van der Waals surface area contributed by atoms with Crippen molar-refractivity contribution in [2.24, 2.45) is 5.92 Å². The number of nitrogen functional groups attached to an aromatic ring is 1. The molecule has 8 heteroatoms. The van der Waals surface area contributed by atoms with Gasteiger partial charge in [0, 0.05) is 60.5 Å². The van der Waals surface area contributed by atoms with Crippen LogP contribution < -0.4 is 5.73 Å². The van der Waals surface area contributed by atoms with E-state index in [9.17, 15) is 4.39 Å². The molecule has 2 aliphatic heterocycles. The second-order valence-electron chi connectivity index (χ2n) is 12.9. The first-order valence-corrected chi connectivity index (χ1v) is 15.9. The Morgan fingerprint density at radius 3 is 2.49 bits per heavy atom. The molecule has 3 N–H and O–H groups in total. The summed E-state index contributed by atoms with van der Waals surface area (Å²) in [5, 5.41) is 7.22. The number of pyridine rings is 1. The van der Waals surface area contributed by atoms with Crippen molar-refractivity contribution in [3.8, 4) is 11.3 Å². The molecule has 0 unspecified atom stereocenters. The van der Waals surface area contributed by atoms with Gasteiger partial charge in [-0.1, -0.05) is 38.1 Å². The number of nitrogens with zero attached hydrogens (tertiary/aromatic N) is 5. The second kappa shape index (κ2) is 11.7. The first kappa shape index (κ1) is 28.0. The fourth-order valence-electron chi connectivity index (χ4n) is 7.35. The molecule has 5 aromatic rings. The smallest absolute Gasteiger partial charge is 0.135 e. The highest BCUT2D eigenvalue weighted by molar-refractivity contribution is 6.01. The summed E-state index contributed by atoms with van der Waals surface area (Å²) < 4.78 is 16.5. The van der Waals surface area contributed by atoms with Gasteiger partial charge in [0.25, 0.3) is 0 Å². The van der Waals surface area contributed by atoms with E-state index in [2.05, 4.69) is 68.6 Å². The summed E-state index contributed by atoms with van der Waals surface area (Å²) in [5.41, 5.74) is 12.1. The number of hydrogen-bond acceptors (Lipinski definition) is 5. The van der Waals surface area contributed by atoms with Crippen molar-refractivity contribution in [2.45, 2.75) is 58.0 Å². The summed E-state index contributed by atoms with van der Waals surface area (Å²) in [7, 11) is 0. The van der Waals surface area contributed by atoms with Gasteiger partial charge in [-0.2, -0.15) is 5.10 Å². The minimum absolute atomic E-state index is 0.181. The molecule has 0 bridgehead atoms. The number of halogens is 1. The first-order chi connectivity index (χ1) is 20.9. The summed E-state index contributed by atoms with van der Waals surface area (Å²) in [6.07, 6.45) is 7.03. The van der Waals surface area contributed by atoms with Gasteiger partial charge in [0.2, 0.25) is 0 Å². The van der Waals surface area contributed by atoms with E-state index in [1.807, 2.05) is 12.1 Å². The van der Waals surface area contributed by atoms with Crippen LogP contribution in [0.15, 0.2) is 60.8 Å². The molecule has 2 aromatic carbocycles. The minimum atomic E-state index is -0.181. The van der Waals surface area contributed by atoms with E-state index in [-0.39, 0.29) is 5.82 Å². The van der Waals surface area contributed by atoms with Gasteiger partial charge in [0.15, 0.2) is 0 Å². The Balaban J connectivity index is 1.11. The highest BCUT2D eigenvalue weighted by Crippen LogP contribution is 2.37. The molecule has 43 heavy (non-hydrogen) atoms. The molecule has 7 rings (SSSR count). The molecule has 0 saturated carbocycles. The Morgan fingerprint density at radius 2 is 1.72 bits per heavy atom. The van der Waals surface area contributed by atoms with Gasteiger partial charge in [-0.25, -0.2) is 9.37 Å². The fraction of sp³-hybridized carbons (Fsp3) is 0.429. The molecule has 0 radical (unpaired) electrons. The minimum Gasteiger partial charge on any atom is -0.383 e. The topological polar surface area (TPSA) is 79.0 Å². The molecule has 2 aliphatic rings. The number of hydrogen-bond donors (Lipinski definition) is 2. The number of rotatable bonds is 7. The van der Waals surface area contributed by atoms with Crippen LogP contribution in [0.2, 0.25) is 0 Å². The van der Waals surface area contributed by atoms with Crippen LogP contribution in [-0.2, 0) is 6.42 Å². The molecule has 5 heterocycles. The van der Waals surface area contributed by atoms with Crippen LogP contribution in [0.1, 0.15) is 56.8 Å². The maximum Gasteiger partial charge on any atom is 0.135 e. The van der Waals surface area contributed by atoms with Gasteiger partial charge in [0.05, 0.1) is 16.9 Å². The van der Waals surface area contributed by atoms with E-state index in [0.29, 0.717) is 29.9 Å². The maximum absolute atomic E-state index is 14.3. The van der Waals surface area contributed by atoms with E-state index in [1.165, 1.54) is 38.5 Å². The average Bonchev–Trinajstić information content (AvgIpc) is 3.60. The van der Waals surface area contributed by atoms with Crippen LogP contribution in [-0.4, -0.2) is 68.3 Å². The highest BCUT2D eigenvalue weighted by Gasteiger charge is 2.30. The molecule has 0 atom stereocenters. The van der Waals surface area contributed by atoms with Crippen LogP contribution in [0.5, 0.6) is 0 Å². The Hall–Kier alpha value is -3.75. The number of H-pyrrole nitrogens is 1. The Morgan fingerprint density at radius 1 is 0.953 bits per heavy atom. The molecule has 0 aliphatic carbocycles. The maximum atomic E-state index is 14.3. The predicted molar refractivity (Wildman–Crippen MR) is 173 cm³/mol. The third kappa shape index (κ3) is 5.66. The van der Waals surface area contributed by atoms with Gasteiger partial charge >= 0.3 is 0 Å². The van der Waals surface area contributed by atoms with Crippen molar-refractivity contribution in [3.05, 3.63) is 77.9 Å². The molecule has 0 amide bonds. The zero-order valence-corrected chi connectivity index (χ0v) is 25.3. The number of likely N-dealkylation sites (tertiary alicyclic amines) is 2. The van der Waals surface area contributed by atoms with Crippen LogP contribution in [0.25, 0.3) is 33.1 Å². The van der Waals surface area contributed by atoms with E-state index in [1.54, 1.807) is 12.3 Å². The van der Waals surface area contributed by atoms with Crippen LogP contribution in [0.4, 0.5) is 10.2 Å². The Labute approximate surface area is 252 Å². The first-order valence-electron chi connectivity index (χ1n) is 15.9. The van der Waals surface area contributed by atoms with Gasteiger partial charge in [-0.05, 0) is 80.6 Å². The lowest BCUT2D eigenvalue weighted by Crippen LogP contribution is -2.48. The zero-order valence-electron chi connectivity index (χ0n) is 25.3. The van der Waals surface area contributed by atoms with Crippen molar-refractivity contribution in [1.82, 2.24) is 29.5 Å². The average molecular weight is 580 g/mol. The summed E-state index contributed by atoms with van der Waals surface area (Å²) in [6.45, 7) is 10.5. The highest BCUT2D eigenvalue weighted by atomic mass is 19.1. The van der Waals surface area contributed by atoms with Crippen molar-refractivity contribution >= 4 is 27.6 Å². The lowest BCUT2D eigenvalue weighted by Gasteiger charge is -2.42. The Bertz CT molecular complexity index is 1720. The number of aromatic nitrogens is 4. The van der Waals surface area contributed by atoms with E-state index >= 15 is 0 Å². The summed E-state index contributed by atoms with van der Waals surface area (Å²) in [4.78, 5) is 13.3.